The van der Waals surface area contributed by atoms with E-state index in [9.17, 15) is 4.79 Å². The number of aryl methyl sites for hydroxylation is 1. The minimum Gasteiger partial charge on any atom is -0.342 e. The average molecular weight is 284 g/mol. The molecule has 0 aliphatic carbocycles. The predicted octanol–water partition coefficient (Wildman–Crippen LogP) is 2.36. The summed E-state index contributed by atoms with van der Waals surface area (Å²) >= 11 is 6.03. The molecule has 1 aliphatic rings. The van der Waals surface area contributed by atoms with Crippen LogP contribution in [0.1, 0.15) is 37.2 Å². The summed E-state index contributed by atoms with van der Waals surface area (Å²) in [6, 6.07) is 1.84. The smallest absolute Gasteiger partial charge is 0.270 e. The first-order valence-corrected chi connectivity index (χ1v) is 7.29. The lowest BCUT2D eigenvalue weighted by molar-refractivity contribution is 0.0650. The second-order valence-corrected chi connectivity index (χ2v) is 5.98. The fraction of sp³-hybridized carbons (Fsp3) is 0.643. The van der Waals surface area contributed by atoms with Gasteiger partial charge in [0.2, 0.25) is 0 Å². The van der Waals surface area contributed by atoms with E-state index in [1.165, 1.54) is 0 Å². The van der Waals surface area contributed by atoms with Crippen molar-refractivity contribution in [3.63, 3.8) is 0 Å². The zero-order valence-corrected chi connectivity index (χ0v) is 12.4. The Hall–Kier alpha value is -1.00. The van der Waals surface area contributed by atoms with Crippen molar-refractivity contribution in [2.24, 2.45) is 11.7 Å². The van der Waals surface area contributed by atoms with Gasteiger partial charge in [0, 0.05) is 31.9 Å². The number of piperidine rings is 1. The van der Waals surface area contributed by atoms with Crippen LogP contribution in [0.5, 0.6) is 0 Å². The summed E-state index contributed by atoms with van der Waals surface area (Å²) in [4.78, 5) is 14.4. The van der Waals surface area contributed by atoms with Crippen molar-refractivity contribution >= 4 is 17.5 Å². The lowest BCUT2D eigenvalue weighted by Crippen LogP contribution is -2.49. The number of amides is 1. The summed E-state index contributed by atoms with van der Waals surface area (Å²) in [5.74, 6) is 0.500. The first-order chi connectivity index (χ1) is 9.01. The van der Waals surface area contributed by atoms with Gasteiger partial charge in [-0.25, -0.2) is 0 Å². The number of aromatic nitrogens is 1. The summed E-state index contributed by atoms with van der Waals surface area (Å²) in [6.45, 7) is 6.45. The fourth-order valence-corrected chi connectivity index (χ4v) is 3.03. The van der Waals surface area contributed by atoms with Crippen molar-refractivity contribution < 1.29 is 4.79 Å². The zero-order chi connectivity index (χ0) is 14.0. The molecule has 2 heterocycles. The first-order valence-electron chi connectivity index (χ1n) is 6.91. The number of hydrogen-bond acceptors (Lipinski definition) is 2. The monoisotopic (exact) mass is 283 g/mol. The lowest BCUT2D eigenvalue weighted by Gasteiger charge is -2.34. The van der Waals surface area contributed by atoms with Gasteiger partial charge >= 0.3 is 0 Å². The second kappa shape index (κ2) is 5.97. The number of likely N-dealkylation sites (tertiary alicyclic amines) is 1. The van der Waals surface area contributed by atoms with Crippen molar-refractivity contribution in [1.29, 1.82) is 0 Å². The van der Waals surface area contributed by atoms with E-state index in [4.69, 9.17) is 17.3 Å². The van der Waals surface area contributed by atoms with Crippen molar-refractivity contribution in [2.75, 3.05) is 13.1 Å². The summed E-state index contributed by atoms with van der Waals surface area (Å²) in [5.41, 5.74) is 6.68. The largest absolute Gasteiger partial charge is 0.342 e. The van der Waals surface area contributed by atoms with Crippen LogP contribution in [0.4, 0.5) is 0 Å². The Morgan fingerprint density at radius 3 is 2.89 bits per heavy atom. The molecule has 106 valence electrons. The molecule has 1 amide bonds. The number of nitrogens with two attached hydrogens (primary N) is 1. The van der Waals surface area contributed by atoms with Gasteiger partial charge < -0.3 is 15.2 Å². The maximum absolute atomic E-state index is 12.6. The molecule has 0 bridgehead atoms. The number of nitrogens with zero attached hydrogens (tertiary/aromatic N) is 2. The van der Waals surface area contributed by atoms with Crippen LogP contribution >= 0.6 is 11.6 Å². The molecular formula is C14H22ClN3O. The molecule has 1 aromatic rings. The predicted molar refractivity (Wildman–Crippen MR) is 77.4 cm³/mol. The third-order valence-corrected chi connectivity index (χ3v) is 3.73. The number of carbonyl (C=O) groups excluding carboxylic acids is 1. The third-order valence-electron chi connectivity index (χ3n) is 3.53. The standard InChI is InChI=1S/C14H22ClN3O/c1-3-4-17-8-11(15)6-13(17)14(19)18-7-10(2)5-12(16)9-18/h6,8,10,12H,3-5,7,9,16H2,1-2H3. The molecule has 1 aliphatic heterocycles. The molecule has 2 N–H and O–H groups in total. The maximum Gasteiger partial charge on any atom is 0.270 e. The summed E-state index contributed by atoms with van der Waals surface area (Å²) in [7, 11) is 0. The van der Waals surface area contributed by atoms with Crippen molar-refractivity contribution in [1.82, 2.24) is 9.47 Å². The van der Waals surface area contributed by atoms with E-state index in [0.717, 1.165) is 25.9 Å². The molecule has 0 spiro atoms. The van der Waals surface area contributed by atoms with E-state index >= 15 is 0 Å². The minimum atomic E-state index is 0.0438. The Morgan fingerprint density at radius 2 is 2.26 bits per heavy atom. The Balaban J connectivity index is 2.18. The van der Waals surface area contributed by atoms with Gasteiger partial charge in [0.05, 0.1) is 5.02 Å². The molecule has 0 saturated carbocycles. The van der Waals surface area contributed by atoms with E-state index in [1.807, 2.05) is 15.7 Å². The SMILES string of the molecule is CCCn1cc(Cl)cc1C(=O)N1CC(C)CC(N)C1. The molecule has 19 heavy (non-hydrogen) atoms. The molecule has 1 saturated heterocycles. The topological polar surface area (TPSA) is 51.3 Å². The molecule has 2 unspecified atom stereocenters. The number of rotatable bonds is 3. The van der Waals surface area contributed by atoms with Crippen LogP contribution in [0.2, 0.25) is 5.02 Å². The summed E-state index contributed by atoms with van der Waals surface area (Å²) in [5, 5.41) is 0.617. The molecular weight excluding hydrogens is 262 g/mol. The lowest BCUT2D eigenvalue weighted by atomic mass is 9.96. The van der Waals surface area contributed by atoms with Crippen LogP contribution in [0.25, 0.3) is 0 Å². The highest BCUT2D eigenvalue weighted by Gasteiger charge is 2.28. The van der Waals surface area contributed by atoms with Gasteiger partial charge in [-0.15, -0.1) is 0 Å². The number of carbonyl (C=O) groups is 1. The van der Waals surface area contributed by atoms with Crippen LogP contribution < -0.4 is 5.73 Å². The highest BCUT2D eigenvalue weighted by atomic mass is 35.5. The van der Waals surface area contributed by atoms with Gasteiger partial charge in [0.25, 0.3) is 5.91 Å². The van der Waals surface area contributed by atoms with E-state index < -0.39 is 0 Å². The Bertz CT molecular complexity index is 448. The highest BCUT2D eigenvalue weighted by molar-refractivity contribution is 6.31. The van der Waals surface area contributed by atoms with Crippen LogP contribution in [0, 0.1) is 5.92 Å². The molecule has 1 aromatic heterocycles. The van der Waals surface area contributed by atoms with Crippen LogP contribution in [0.15, 0.2) is 12.3 Å². The number of hydrogen-bond donors (Lipinski definition) is 1. The highest BCUT2D eigenvalue weighted by Crippen LogP contribution is 2.21. The normalized spacial score (nSPS) is 23.7. The van der Waals surface area contributed by atoms with Gasteiger partial charge in [-0.2, -0.15) is 0 Å². The van der Waals surface area contributed by atoms with Gasteiger partial charge in [-0.05, 0) is 24.8 Å². The van der Waals surface area contributed by atoms with E-state index in [0.29, 0.717) is 23.2 Å². The van der Waals surface area contributed by atoms with Crippen molar-refractivity contribution in [3.05, 3.63) is 23.0 Å². The van der Waals surface area contributed by atoms with Crippen molar-refractivity contribution in [3.8, 4) is 0 Å². The van der Waals surface area contributed by atoms with Crippen molar-refractivity contribution in [2.45, 2.75) is 39.3 Å². The second-order valence-electron chi connectivity index (χ2n) is 5.55. The molecule has 4 nitrogen and oxygen atoms in total. The molecule has 2 atom stereocenters. The zero-order valence-electron chi connectivity index (χ0n) is 11.6. The molecule has 2 rings (SSSR count). The average Bonchev–Trinajstić information content (AvgIpc) is 2.68. The van der Waals surface area contributed by atoms with Gasteiger partial charge in [-0.1, -0.05) is 25.4 Å². The molecule has 0 radical (unpaired) electrons. The number of halogens is 1. The molecule has 0 aromatic carbocycles. The fourth-order valence-electron chi connectivity index (χ4n) is 2.81. The molecule has 5 heteroatoms. The maximum atomic E-state index is 12.6. The summed E-state index contributed by atoms with van der Waals surface area (Å²) in [6.07, 6.45) is 3.79. The minimum absolute atomic E-state index is 0.0438. The van der Waals surface area contributed by atoms with Gasteiger partial charge in [0.15, 0.2) is 0 Å². The van der Waals surface area contributed by atoms with Gasteiger partial charge in [-0.3, -0.25) is 4.79 Å². The van der Waals surface area contributed by atoms with E-state index in [-0.39, 0.29) is 11.9 Å². The Kier molecular flexibility index (Phi) is 4.53. The van der Waals surface area contributed by atoms with E-state index in [1.54, 1.807) is 6.07 Å². The van der Waals surface area contributed by atoms with E-state index in [2.05, 4.69) is 13.8 Å². The Labute approximate surface area is 119 Å². The Morgan fingerprint density at radius 1 is 1.53 bits per heavy atom. The van der Waals surface area contributed by atoms with Crippen LogP contribution in [-0.4, -0.2) is 34.5 Å². The van der Waals surface area contributed by atoms with Crippen LogP contribution in [0.3, 0.4) is 0 Å². The third kappa shape index (κ3) is 3.31. The van der Waals surface area contributed by atoms with Gasteiger partial charge in [0.1, 0.15) is 5.69 Å². The first kappa shape index (κ1) is 14.4. The quantitative estimate of drug-likeness (QED) is 0.926. The van der Waals surface area contributed by atoms with Crippen LogP contribution in [-0.2, 0) is 6.54 Å². The molecule has 1 fully saturated rings. The summed E-state index contributed by atoms with van der Waals surface area (Å²) < 4.78 is 1.94.